The largest absolute Gasteiger partial charge is 0.478 e. The predicted molar refractivity (Wildman–Crippen MR) is 113 cm³/mol. The van der Waals surface area contributed by atoms with E-state index >= 15 is 0 Å². The van der Waals surface area contributed by atoms with Gasteiger partial charge in [-0.3, -0.25) is 14.8 Å². The number of benzene rings is 1. The molecule has 154 valence electrons. The highest BCUT2D eigenvalue weighted by molar-refractivity contribution is 5.88. The summed E-state index contributed by atoms with van der Waals surface area (Å²) in [5.41, 5.74) is 3.07. The SMILES string of the molecule is O=C(O)c1ccc(C(NCCc2cccnc2)C(=O)NCCc2ccncc2)cc1. The van der Waals surface area contributed by atoms with Gasteiger partial charge in [0.2, 0.25) is 5.91 Å². The zero-order valence-corrected chi connectivity index (χ0v) is 16.5. The molecule has 1 unspecified atom stereocenters. The van der Waals surface area contributed by atoms with Crippen LogP contribution in [0.4, 0.5) is 0 Å². The molecule has 3 rings (SSSR count). The maximum Gasteiger partial charge on any atom is 0.335 e. The van der Waals surface area contributed by atoms with E-state index in [-0.39, 0.29) is 11.5 Å². The molecule has 0 aliphatic rings. The minimum absolute atomic E-state index is 0.154. The van der Waals surface area contributed by atoms with Crippen molar-refractivity contribution in [1.29, 1.82) is 0 Å². The Labute approximate surface area is 175 Å². The third-order valence-electron chi connectivity index (χ3n) is 4.70. The van der Waals surface area contributed by atoms with Gasteiger partial charge >= 0.3 is 5.97 Å². The molecule has 1 aromatic carbocycles. The minimum Gasteiger partial charge on any atom is -0.478 e. The van der Waals surface area contributed by atoms with Gasteiger partial charge in [0.15, 0.2) is 0 Å². The molecule has 0 fully saturated rings. The van der Waals surface area contributed by atoms with E-state index in [2.05, 4.69) is 20.6 Å². The Morgan fingerprint density at radius 3 is 2.27 bits per heavy atom. The number of carbonyl (C=O) groups excluding carboxylic acids is 1. The van der Waals surface area contributed by atoms with E-state index in [1.165, 1.54) is 12.1 Å². The number of nitrogens with one attached hydrogen (secondary N) is 2. The molecule has 7 heteroatoms. The van der Waals surface area contributed by atoms with Crippen LogP contribution in [0.15, 0.2) is 73.3 Å². The van der Waals surface area contributed by atoms with Crippen LogP contribution >= 0.6 is 0 Å². The number of carbonyl (C=O) groups is 2. The first kappa shape index (κ1) is 21.1. The molecule has 0 saturated heterocycles. The molecule has 0 saturated carbocycles. The van der Waals surface area contributed by atoms with Gasteiger partial charge in [0, 0.05) is 37.9 Å². The molecule has 0 spiro atoms. The maximum absolute atomic E-state index is 12.9. The van der Waals surface area contributed by atoms with Crippen LogP contribution < -0.4 is 10.6 Å². The van der Waals surface area contributed by atoms with Crippen molar-refractivity contribution in [1.82, 2.24) is 20.6 Å². The van der Waals surface area contributed by atoms with Crippen LogP contribution in [-0.4, -0.2) is 40.0 Å². The smallest absolute Gasteiger partial charge is 0.335 e. The summed E-state index contributed by atoms with van der Waals surface area (Å²) < 4.78 is 0. The van der Waals surface area contributed by atoms with Crippen molar-refractivity contribution in [2.75, 3.05) is 13.1 Å². The quantitative estimate of drug-likeness (QED) is 0.479. The van der Waals surface area contributed by atoms with Gasteiger partial charge in [-0.1, -0.05) is 18.2 Å². The van der Waals surface area contributed by atoms with Crippen molar-refractivity contribution in [3.05, 3.63) is 95.6 Å². The molecule has 30 heavy (non-hydrogen) atoms. The normalized spacial score (nSPS) is 11.6. The van der Waals surface area contributed by atoms with E-state index in [1.54, 1.807) is 36.9 Å². The van der Waals surface area contributed by atoms with Crippen molar-refractivity contribution in [3.8, 4) is 0 Å². The van der Waals surface area contributed by atoms with E-state index < -0.39 is 12.0 Å². The first-order valence-corrected chi connectivity index (χ1v) is 9.75. The van der Waals surface area contributed by atoms with Gasteiger partial charge in [-0.2, -0.15) is 0 Å². The fourth-order valence-corrected chi connectivity index (χ4v) is 3.07. The fourth-order valence-electron chi connectivity index (χ4n) is 3.07. The lowest BCUT2D eigenvalue weighted by Crippen LogP contribution is -2.39. The Balaban J connectivity index is 1.64. The fraction of sp³-hybridized carbons (Fsp3) is 0.217. The number of aromatic carboxylic acids is 1. The average Bonchev–Trinajstić information content (AvgIpc) is 2.78. The summed E-state index contributed by atoms with van der Waals surface area (Å²) in [4.78, 5) is 32.1. The number of pyridine rings is 2. The highest BCUT2D eigenvalue weighted by Gasteiger charge is 2.20. The second-order valence-electron chi connectivity index (χ2n) is 6.82. The maximum atomic E-state index is 12.9. The van der Waals surface area contributed by atoms with Gasteiger partial charge in [-0.15, -0.1) is 0 Å². The van der Waals surface area contributed by atoms with Crippen LogP contribution in [0.1, 0.15) is 33.1 Å². The molecule has 0 radical (unpaired) electrons. The van der Waals surface area contributed by atoms with Gasteiger partial charge in [0.05, 0.1) is 5.56 Å². The van der Waals surface area contributed by atoms with Gasteiger partial charge < -0.3 is 15.7 Å². The third-order valence-corrected chi connectivity index (χ3v) is 4.70. The van der Waals surface area contributed by atoms with E-state index in [4.69, 9.17) is 5.11 Å². The zero-order valence-electron chi connectivity index (χ0n) is 16.5. The number of nitrogens with zero attached hydrogens (tertiary/aromatic N) is 2. The lowest BCUT2D eigenvalue weighted by molar-refractivity contribution is -0.123. The average molecular weight is 404 g/mol. The van der Waals surface area contributed by atoms with Gasteiger partial charge in [-0.05, 0) is 59.9 Å². The molecule has 1 atom stereocenters. The van der Waals surface area contributed by atoms with Crippen LogP contribution in [0, 0.1) is 0 Å². The molecular formula is C23H24N4O3. The minimum atomic E-state index is -0.996. The van der Waals surface area contributed by atoms with E-state index in [0.717, 1.165) is 17.5 Å². The summed E-state index contributed by atoms with van der Waals surface area (Å²) in [6.07, 6.45) is 8.40. The summed E-state index contributed by atoms with van der Waals surface area (Å²) in [7, 11) is 0. The number of carboxylic acid groups (broad SMARTS) is 1. The summed E-state index contributed by atoms with van der Waals surface area (Å²) >= 11 is 0. The van der Waals surface area contributed by atoms with Crippen LogP contribution in [0.5, 0.6) is 0 Å². The van der Waals surface area contributed by atoms with Gasteiger partial charge in [0.1, 0.15) is 6.04 Å². The molecule has 1 amide bonds. The lowest BCUT2D eigenvalue weighted by atomic mass is 10.0. The molecule has 2 aromatic heterocycles. The van der Waals surface area contributed by atoms with Crippen LogP contribution in [-0.2, 0) is 17.6 Å². The molecule has 7 nitrogen and oxygen atoms in total. The monoisotopic (exact) mass is 404 g/mol. The third kappa shape index (κ3) is 6.22. The number of hydrogen-bond acceptors (Lipinski definition) is 5. The van der Waals surface area contributed by atoms with E-state index in [0.29, 0.717) is 25.1 Å². The van der Waals surface area contributed by atoms with Crippen molar-refractivity contribution < 1.29 is 14.7 Å². The zero-order chi connectivity index (χ0) is 21.2. The molecule has 3 N–H and O–H groups in total. The number of hydrogen-bond donors (Lipinski definition) is 3. The molecule has 0 aliphatic carbocycles. The van der Waals surface area contributed by atoms with Crippen LogP contribution in [0.3, 0.4) is 0 Å². The Hall–Kier alpha value is -3.58. The number of aromatic nitrogens is 2. The topological polar surface area (TPSA) is 104 Å². The second kappa shape index (κ2) is 10.8. The lowest BCUT2D eigenvalue weighted by Gasteiger charge is -2.19. The Morgan fingerprint density at radius 2 is 1.60 bits per heavy atom. The summed E-state index contributed by atoms with van der Waals surface area (Å²) in [5.74, 6) is -1.15. The number of carboxylic acids is 1. The first-order valence-electron chi connectivity index (χ1n) is 9.75. The first-order chi connectivity index (χ1) is 14.6. The highest BCUT2D eigenvalue weighted by Crippen LogP contribution is 2.15. The predicted octanol–water partition coefficient (Wildman–Crippen LogP) is 2.41. The summed E-state index contributed by atoms with van der Waals surface area (Å²) in [5, 5.41) is 15.4. The van der Waals surface area contributed by atoms with E-state index in [1.807, 2.05) is 24.3 Å². The summed E-state index contributed by atoms with van der Waals surface area (Å²) in [6, 6.07) is 13.5. The number of rotatable bonds is 10. The van der Waals surface area contributed by atoms with Crippen molar-refractivity contribution in [2.24, 2.45) is 0 Å². The molecule has 0 bridgehead atoms. The van der Waals surface area contributed by atoms with Gasteiger partial charge in [-0.25, -0.2) is 4.79 Å². The molecular weight excluding hydrogens is 380 g/mol. The van der Waals surface area contributed by atoms with Crippen LogP contribution in [0.2, 0.25) is 0 Å². The van der Waals surface area contributed by atoms with Crippen molar-refractivity contribution >= 4 is 11.9 Å². The van der Waals surface area contributed by atoms with Crippen molar-refractivity contribution in [2.45, 2.75) is 18.9 Å². The standard InChI is InChI=1S/C23H24N4O3/c28-22(27-15-9-17-7-12-24-13-8-17)21(19-3-5-20(6-4-19)23(29)30)26-14-10-18-2-1-11-25-16-18/h1-8,11-13,16,21,26H,9-10,14-15H2,(H,27,28)(H,29,30). The molecule has 0 aliphatic heterocycles. The Kier molecular flexibility index (Phi) is 7.63. The van der Waals surface area contributed by atoms with Gasteiger partial charge in [0.25, 0.3) is 0 Å². The van der Waals surface area contributed by atoms with Crippen molar-refractivity contribution in [3.63, 3.8) is 0 Å². The Bertz CT molecular complexity index is 947. The highest BCUT2D eigenvalue weighted by atomic mass is 16.4. The molecule has 3 aromatic rings. The second-order valence-corrected chi connectivity index (χ2v) is 6.82. The molecule has 2 heterocycles. The number of amides is 1. The Morgan fingerprint density at radius 1 is 0.867 bits per heavy atom. The van der Waals surface area contributed by atoms with E-state index in [9.17, 15) is 9.59 Å². The van der Waals surface area contributed by atoms with Crippen LogP contribution in [0.25, 0.3) is 0 Å². The summed E-state index contributed by atoms with van der Waals surface area (Å²) in [6.45, 7) is 1.08.